The predicted molar refractivity (Wildman–Crippen MR) is 83.7 cm³/mol. The van der Waals surface area contributed by atoms with Crippen LogP contribution in [0.3, 0.4) is 0 Å². The van der Waals surface area contributed by atoms with Crippen LogP contribution in [-0.4, -0.2) is 58.6 Å². The van der Waals surface area contributed by atoms with Gasteiger partial charge >= 0.3 is 0 Å². The van der Waals surface area contributed by atoms with E-state index < -0.39 is 9.84 Å². The Labute approximate surface area is 136 Å². The molecule has 0 unspecified atom stereocenters. The van der Waals surface area contributed by atoms with Gasteiger partial charge in [-0.25, -0.2) is 8.42 Å². The molecular formula is C15H22N4O3S. The van der Waals surface area contributed by atoms with E-state index in [4.69, 9.17) is 0 Å². The number of aromatic nitrogens is 3. The van der Waals surface area contributed by atoms with E-state index >= 15 is 0 Å². The van der Waals surface area contributed by atoms with Gasteiger partial charge in [0.15, 0.2) is 9.84 Å². The molecule has 0 aliphatic carbocycles. The molecule has 126 valence electrons. The quantitative estimate of drug-likeness (QED) is 0.777. The summed E-state index contributed by atoms with van der Waals surface area (Å²) in [5, 5.41) is 8.63. The molecule has 3 aliphatic rings. The first-order valence-electron chi connectivity index (χ1n) is 8.45. The van der Waals surface area contributed by atoms with E-state index in [0.29, 0.717) is 25.4 Å². The number of hydrogen-bond donors (Lipinski definition) is 0. The molecular weight excluding hydrogens is 316 g/mol. The third kappa shape index (κ3) is 2.77. The number of rotatable bonds is 2. The number of carbonyl (C=O) groups excluding carboxylic acids is 1. The Bertz CT molecular complexity index is 719. The van der Waals surface area contributed by atoms with Crippen LogP contribution in [0.15, 0.2) is 0 Å². The molecule has 0 bridgehead atoms. The summed E-state index contributed by atoms with van der Waals surface area (Å²) in [4.78, 5) is 14.3. The van der Waals surface area contributed by atoms with Crippen molar-refractivity contribution in [2.45, 2.75) is 44.6 Å². The molecule has 7 nitrogen and oxygen atoms in total. The van der Waals surface area contributed by atoms with Gasteiger partial charge in [-0.05, 0) is 25.7 Å². The second-order valence-electron chi connectivity index (χ2n) is 6.93. The fraction of sp³-hybridized carbons (Fsp3) is 0.800. The van der Waals surface area contributed by atoms with Crippen molar-refractivity contribution < 1.29 is 13.2 Å². The zero-order valence-corrected chi connectivity index (χ0v) is 14.0. The number of carbonyl (C=O) groups is 1. The van der Waals surface area contributed by atoms with Crippen molar-refractivity contribution >= 4 is 15.7 Å². The van der Waals surface area contributed by atoms with E-state index in [2.05, 4.69) is 14.8 Å². The average molecular weight is 338 g/mol. The molecule has 0 radical (unpaired) electrons. The molecule has 0 aromatic carbocycles. The Morgan fingerprint density at radius 3 is 2.57 bits per heavy atom. The topological polar surface area (TPSA) is 85.2 Å². The van der Waals surface area contributed by atoms with Crippen LogP contribution in [0.4, 0.5) is 0 Å². The lowest BCUT2D eigenvalue weighted by atomic mass is 9.94. The largest absolute Gasteiger partial charge is 0.342 e. The van der Waals surface area contributed by atoms with Crippen molar-refractivity contribution in [3.05, 3.63) is 11.6 Å². The Hall–Kier alpha value is -1.44. The zero-order valence-electron chi connectivity index (χ0n) is 13.1. The summed E-state index contributed by atoms with van der Waals surface area (Å²) in [6.45, 7) is 2.40. The summed E-state index contributed by atoms with van der Waals surface area (Å²) in [6, 6.07) is 0. The monoisotopic (exact) mass is 338 g/mol. The van der Waals surface area contributed by atoms with E-state index in [9.17, 15) is 13.2 Å². The van der Waals surface area contributed by atoms with Crippen molar-refractivity contribution in [2.75, 3.05) is 24.6 Å². The van der Waals surface area contributed by atoms with Crippen LogP contribution in [0.2, 0.25) is 0 Å². The number of hydrogen-bond acceptors (Lipinski definition) is 5. The molecule has 2 saturated heterocycles. The van der Waals surface area contributed by atoms with Gasteiger partial charge in [-0.1, -0.05) is 0 Å². The van der Waals surface area contributed by atoms with Crippen LogP contribution in [0, 0.1) is 5.92 Å². The molecule has 0 saturated carbocycles. The first-order chi connectivity index (χ1) is 11.0. The van der Waals surface area contributed by atoms with Gasteiger partial charge in [0.2, 0.25) is 5.91 Å². The second kappa shape index (κ2) is 5.58. The highest BCUT2D eigenvalue weighted by atomic mass is 32.2. The highest BCUT2D eigenvalue weighted by Crippen LogP contribution is 2.31. The lowest BCUT2D eigenvalue weighted by Gasteiger charge is -2.33. The molecule has 1 atom stereocenters. The van der Waals surface area contributed by atoms with Gasteiger partial charge in [-0.3, -0.25) is 4.79 Å². The number of sulfone groups is 1. The van der Waals surface area contributed by atoms with E-state index in [1.165, 1.54) is 0 Å². The third-order valence-corrected chi connectivity index (χ3v) is 7.16. The Morgan fingerprint density at radius 2 is 1.87 bits per heavy atom. The van der Waals surface area contributed by atoms with E-state index in [1.807, 2.05) is 4.90 Å². The van der Waals surface area contributed by atoms with Crippen LogP contribution in [-0.2, 0) is 27.6 Å². The summed E-state index contributed by atoms with van der Waals surface area (Å²) in [5.41, 5.74) is 0. The summed E-state index contributed by atoms with van der Waals surface area (Å²) >= 11 is 0. The fourth-order valence-corrected chi connectivity index (χ4v) is 5.81. The third-order valence-electron chi connectivity index (χ3n) is 5.39. The Kier molecular flexibility index (Phi) is 3.66. The van der Waals surface area contributed by atoms with Crippen molar-refractivity contribution in [3.8, 4) is 0 Å². The highest BCUT2D eigenvalue weighted by Gasteiger charge is 2.37. The smallest absolute Gasteiger partial charge is 0.226 e. The van der Waals surface area contributed by atoms with Crippen LogP contribution < -0.4 is 0 Å². The Balaban J connectivity index is 1.38. The standard InChI is InChI=1S/C15H22N4O3S/c20-15(12-5-9-23(21,22)10-12)18-7-3-11(4-8-18)14-17-16-13-2-1-6-19(13)14/h11-12H,1-10H2/t12-/m1/s1. The number of piperidine rings is 1. The maximum absolute atomic E-state index is 12.5. The normalized spacial score (nSPS) is 27.3. The second-order valence-corrected chi connectivity index (χ2v) is 9.16. The summed E-state index contributed by atoms with van der Waals surface area (Å²) in [7, 11) is -3.00. The minimum absolute atomic E-state index is 0.0241. The SMILES string of the molecule is O=C([C@@H]1CCS(=O)(=O)C1)N1CCC(c2nnc3n2CCC3)CC1. The molecule has 3 aliphatic heterocycles. The van der Waals surface area contributed by atoms with Gasteiger partial charge < -0.3 is 9.47 Å². The molecule has 2 fully saturated rings. The van der Waals surface area contributed by atoms with Gasteiger partial charge in [0, 0.05) is 32.0 Å². The van der Waals surface area contributed by atoms with Gasteiger partial charge in [0.1, 0.15) is 11.6 Å². The minimum Gasteiger partial charge on any atom is -0.342 e. The van der Waals surface area contributed by atoms with Gasteiger partial charge in [-0.2, -0.15) is 0 Å². The first kappa shape index (κ1) is 15.1. The van der Waals surface area contributed by atoms with Crippen LogP contribution >= 0.6 is 0 Å². The molecule has 1 aromatic rings. The first-order valence-corrected chi connectivity index (χ1v) is 10.3. The molecule has 4 heterocycles. The number of nitrogens with zero attached hydrogens (tertiary/aromatic N) is 4. The van der Waals surface area contributed by atoms with Crippen LogP contribution in [0.25, 0.3) is 0 Å². The summed E-state index contributed by atoms with van der Waals surface area (Å²) < 4.78 is 25.4. The predicted octanol–water partition coefficient (Wildman–Crippen LogP) is 0.365. The van der Waals surface area contributed by atoms with E-state index in [-0.39, 0.29) is 23.3 Å². The van der Waals surface area contributed by atoms with Gasteiger partial charge in [0.05, 0.1) is 17.4 Å². The number of likely N-dealkylation sites (tertiary alicyclic amines) is 1. The number of amides is 1. The zero-order chi connectivity index (χ0) is 16.0. The van der Waals surface area contributed by atoms with Crippen LogP contribution in [0.5, 0.6) is 0 Å². The highest BCUT2D eigenvalue weighted by molar-refractivity contribution is 7.91. The molecule has 0 spiro atoms. The van der Waals surface area contributed by atoms with Gasteiger partial charge in [0.25, 0.3) is 0 Å². The molecule has 0 N–H and O–H groups in total. The molecule has 8 heteroatoms. The average Bonchev–Trinajstić information content (AvgIpc) is 3.21. The maximum atomic E-state index is 12.5. The minimum atomic E-state index is -3.00. The molecule has 4 rings (SSSR count). The number of fused-ring (bicyclic) bond motifs is 1. The summed E-state index contributed by atoms with van der Waals surface area (Å²) in [5.74, 6) is 2.42. The van der Waals surface area contributed by atoms with Gasteiger partial charge in [-0.15, -0.1) is 10.2 Å². The van der Waals surface area contributed by atoms with Crippen LogP contribution in [0.1, 0.15) is 43.3 Å². The van der Waals surface area contributed by atoms with Crippen molar-refractivity contribution in [1.29, 1.82) is 0 Å². The lowest BCUT2D eigenvalue weighted by Crippen LogP contribution is -2.42. The summed E-state index contributed by atoms with van der Waals surface area (Å²) in [6.07, 6.45) is 4.43. The maximum Gasteiger partial charge on any atom is 0.226 e. The number of aryl methyl sites for hydroxylation is 1. The lowest BCUT2D eigenvalue weighted by molar-refractivity contribution is -0.135. The van der Waals surface area contributed by atoms with Crippen molar-refractivity contribution in [1.82, 2.24) is 19.7 Å². The van der Waals surface area contributed by atoms with Crippen molar-refractivity contribution in [3.63, 3.8) is 0 Å². The fourth-order valence-electron chi connectivity index (χ4n) is 4.08. The van der Waals surface area contributed by atoms with E-state index in [0.717, 1.165) is 43.9 Å². The molecule has 1 amide bonds. The van der Waals surface area contributed by atoms with E-state index in [1.54, 1.807) is 0 Å². The molecule has 23 heavy (non-hydrogen) atoms. The Morgan fingerprint density at radius 1 is 1.09 bits per heavy atom. The molecule has 1 aromatic heterocycles. The van der Waals surface area contributed by atoms with Crippen molar-refractivity contribution in [2.24, 2.45) is 5.92 Å².